The molecule has 0 spiro atoms. The van der Waals surface area contributed by atoms with Gasteiger partial charge in [0, 0.05) is 13.3 Å². The normalized spacial score (nSPS) is 23.7. The number of benzene rings is 3. The molecule has 0 aliphatic heterocycles. The van der Waals surface area contributed by atoms with Crippen LogP contribution in [0.25, 0.3) is 0 Å². The van der Waals surface area contributed by atoms with E-state index in [0.717, 1.165) is 19.3 Å². The molecule has 52 heavy (non-hydrogen) atoms. The van der Waals surface area contributed by atoms with E-state index in [9.17, 15) is 40.3 Å². The van der Waals surface area contributed by atoms with E-state index in [1.807, 2.05) is 0 Å². The van der Waals surface area contributed by atoms with Crippen LogP contribution in [0.3, 0.4) is 0 Å². The summed E-state index contributed by atoms with van der Waals surface area (Å²) in [4.78, 5) is 29.5. The lowest BCUT2D eigenvalue weighted by Crippen LogP contribution is -2.61. The van der Waals surface area contributed by atoms with E-state index in [2.05, 4.69) is 100 Å². The van der Waals surface area contributed by atoms with Gasteiger partial charge in [-0.25, -0.2) is 13.6 Å². The van der Waals surface area contributed by atoms with Crippen LogP contribution < -0.4 is 0 Å². The number of carbonyl (C=O) groups is 2. The highest BCUT2D eigenvalue weighted by molar-refractivity contribution is 7.97. The minimum absolute atomic E-state index is 0.0146. The van der Waals surface area contributed by atoms with E-state index in [0.29, 0.717) is 19.3 Å². The van der Waals surface area contributed by atoms with E-state index in [-0.39, 0.29) is 35.6 Å². The van der Waals surface area contributed by atoms with Crippen LogP contribution >= 0.6 is 0 Å². The van der Waals surface area contributed by atoms with Crippen LogP contribution in [0.2, 0.25) is 0 Å². The van der Waals surface area contributed by atoms with Gasteiger partial charge in [0.15, 0.2) is 14.7 Å². The number of esters is 2. The number of hydrogen-bond acceptors (Lipinski definition) is 5. The Bertz CT molecular complexity index is 1500. The van der Waals surface area contributed by atoms with Crippen molar-refractivity contribution < 1.29 is 54.5 Å². The molecule has 0 N–H and O–H groups in total. The quantitative estimate of drug-likeness (QED) is 0.0798. The van der Waals surface area contributed by atoms with Crippen molar-refractivity contribution >= 4 is 22.8 Å². The zero-order valence-corrected chi connectivity index (χ0v) is 29.7. The smallest absolute Gasteiger partial charge is 0.461 e. The second-order valence-electron chi connectivity index (χ2n) is 13.9. The molecular weight excluding hydrogens is 713 g/mol. The number of hydrogen-bond donors (Lipinski definition) is 0. The molecule has 4 saturated carbocycles. The number of halogens is 7. The summed E-state index contributed by atoms with van der Waals surface area (Å²) in [5, 5.41) is 0. The third-order valence-electron chi connectivity index (χ3n) is 9.93. The summed E-state index contributed by atoms with van der Waals surface area (Å²) >= 11 is 0. The molecule has 7 rings (SSSR count). The van der Waals surface area contributed by atoms with E-state index in [1.165, 1.54) is 21.6 Å². The Hall–Kier alpha value is -3.58. The second-order valence-corrected chi connectivity index (χ2v) is 15.9. The van der Waals surface area contributed by atoms with Gasteiger partial charge in [-0.15, -0.1) is 0 Å². The van der Waals surface area contributed by atoms with Gasteiger partial charge < -0.3 is 14.2 Å². The third kappa shape index (κ3) is 8.62. The molecule has 282 valence electrons. The fourth-order valence-corrected chi connectivity index (χ4v) is 9.94. The van der Waals surface area contributed by atoms with Gasteiger partial charge in [0.2, 0.25) is 0 Å². The maximum absolute atomic E-state index is 14.1. The summed E-state index contributed by atoms with van der Waals surface area (Å²) in [6.45, 7) is -1.10. The maximum atomic E-state index is 14.1. The molecule has 0 heterocycles. The summed E-state index contributed by atoms with van der Waals surface area (Å²) in [5.41, 5.74) is -1.23. The van der Waals surface area contributed by atoms with Crippen molar-refractivity contribution in [2.24, 2.45) is 23.2 Å². The van der Waals surface area contributed by atoms with E-state index >= 15 is 0 Å². The van der Waals surface area contributed by atoms with Crippen molar-refractivity contribution in [3.05, 3.63) is 91.0 Å². The van der Waals surface area contributed by atoms with Gasteiger partial charge >= 0.3 is 35.7 Å². The average molecular weight is 756 g/mol. The van der Waals surface area contributed by atoms with Crippen molar-refractivity contribution in [3.8, 4) is 0 Å². The molecule has 4 aliphatic carbocycles. The highest BCUT2D eigenvalue weighted by atomic mass is 32.2. The number of rotatable bonds is 12. The van der Waals surface area contributed by atoms with E-state index < -0.39 is 60.8 Å². The monoisotopic (exact) mass is 755 g/mol. The number of alkyl halides is 7. The Morgan fingerprint density at radius 1 is 0.712 bits per heavy atom. The standard InChI is InChI=1S/C21H27F7O5.C18H15S/c1-3-31-16(30)20(21(26,27)28,32-5-4-19(24,25)17(2,22)23)33-15(29)18-9-12-6-13(10-18)8-14(7-12)11-18;1-4-10-16(11-5-1)19(17-12-6-2-7-13-17)18-14-8-3-9-15-18/h12-14H,3-11H2,1-2H3;1-15H/q;+1. The molecule has 5 nitrogen and oxygen atoms in total. The largest absolute Gasteiger partial charge is 0.468 e. The van der Waals surface area contributed by atoms with Crippen molar-refractivity contribution in [2.45, 2.75) is 97.3 Å². The van der Waals surface area contributed by atoms with Gasteiger partial charge in [0.1, 0.15) is 0 Å². The predicted molar refractivity (Wildman–Crippen MR) is 180 cm³/mol. The summed E-state index contributed by atoms with van der Waals surface area (Å²) < 4.78 is 109. The van der Waals surface area contributed by atoms with Gasteiger partial charge in [0.25, 0.3) is 0 Å². The zero-order valence-electron chi connectivity index (χ0n) is 28.9. The Morgan fingerprint density at radius 2 is 1.12 bits per heavy atom. The molecule has 13 heteroatoms. The second kappa shape index (κ2) is 15.8. The summed E-state index contributed by atoms with van der Waals surface area (Å²) in [6, 6.07) is 32.2. The highest BCUT2D eigenvalue weighted by Crippen LogP contribution is 2.61. The Kier molecular flexibility index (Phi) is 12.0. The van der Waals surface area contributed by atoms with Gasteiger partial charge in [-0.3, -0.25) is 4.79 Å². The summed E-state index contributed by atoms with van der Waals surface area (Å²) in [7, 11) is -0.0146. The molecule has 0 aromatic heterocycles. The Morgan fingerprint density at radius 3 is 1.46 bits per heavy atom. The first-order valence-corrected chi connectivity index (χ1v) is 18.5. The first-order valence-electron chi connectivity index (χ1n) is 17.3. The first-order chi connectivity index (χ1) is 24.5. The molecule has 4 bridgehead atoms. The van der Waals surface area contributed by atoms with Crippen molar-refractivity contribution in [1.29, 1.82) is 0 Å². The molecule has 0 radical (unpaired) electrons. The highest BCUT2D eigenvalue weighted by Gasteiger charge is 2.70. The van der Waals surface area contributed by atoms with Crippen molar-refractivity contribution in [1.82, 2.24) is 0 Å². The zero-order chi connectivity index (χ0) is 37.8. The lowest BCUT2D eigenvalue weighted by atomic mass is 9.49. The van der Waals surface area contributed by atoms with Crippen molar-refractivity contribution in [2.75, 3.05) is 13.2 Å². The Labute approximate surface area is 301 Å². The molecule has 3 aromatic carbocycles. The molecule has 1 atom stereocenters. The molecule has 0 saturated heterocycles. The molecule has 4 aliphatic rings. The lowest BCUT2D eigenvalue weighted by molar-refractivity contribution is -0.361. The van der Waals surface area contributed by atoms with Crippen LogP contribution in [0.15, 0.2) is 106 Å². The summed E-state index contributed by atoms with van der Waals surface area (Å²) in [6.07, 6.45) is -4.05. The maximum Gasteiger partial charge on any atom is 0.468 e. The molecule has 3 aromatic rings. The van der Waals surface area contributed by atoms with Crippen LogP contribution in [0.4, 0.5) is 30.7 Å². The first kappa shape index (κ1) is 39.6. The Balaban J connectivity index is 0.000000231. The van der Waals surface area contributed by atoms with Crippen LogP contribution in [0.5, 0.6) is 0 Å². The number of carbonyl (C=O) groups excluding carboxylic acids is 2. The van der Waals surface area contributed by atoms with Crippen LogP contribution in [-0.2, 0) is 34.7 Å². The molecule has 4 fully saturated rings. The van der Waals surface area contributed by atoms with Gasteiger partial charge in [-0.2, -0.15) is 22.0 Å². The minimum Gasteiger partial charge on any atom is -0.461 e. The molecule has 1 unspecified atom stereocenters. The third-order valence-corrected chi connectivity index (χ3v) is 12.2. The number of ether oxygens (including phenoxy) is 3. The van der Waals surface area contributed by atoms with Gasteiger partial charge in [0.05, 0.1) is 29.5 Å². The van der Waals surface area contributed by atoms with Crippen LogP contribution in [-0.4, -0.2) is 49.0 Å². The van der Waals surface area contributed by atoms with Crippen molar-refractivity contribution in [3.63, 3.8) is 0 Å². The van der Waals surface area contributed by atoms with E-state index in [4.69, 9.17) is 4.74 Å². The van der Waals surface area contributed by atoms with Crippen LogP contribution in [0, 0.1) is 23.2 Å². The predicted octanol–water partition coefficient (Wildman–Crippen LogP) is 10.0. The molecular formula is C39H42F7O5S+. The minimum atomic E-state index is -5.71. The van der Waals surface area contributed by atoms with Gasteiger partial charge in [-0.1, -0.05) is 54.6 Å². The SMILES string of the molecule is CCOC(=O)C(OCCC(F)(F)C(C)(F)F)(OC(=O)C12CC3CC(CC(C3)C1)C2)C(F)(F)F.c1ccc([S+](c2ccccc2)c2ccccc2)cc1. The van der Waals surface area contributed by atoms with Crippen LogP contribution in [0.1, 0.15) is 58.8 Å². The lowest BCUT2D eigenvalue weighted by Gasteiger charge is -2.55. The van der Waals surface area contributed by atoms with E-state index in [1.54, 1.807) is 0 Å². The topological polar surface area (TPSA) is 61.8 Å². The summed E-state index contributed by atoms with van der Waals surface area (Å²) in [5.74, 6) is -16.6. The fraction of sp³-hybridized carbons (Fsp3) is 0.487. The average Bonchev–Trinajstić information content (AvgIpc) is 3.08. The van der Waals surface area contributed by atoms with Gasteiger partial charge in [-0.05, 0) is 99.6 Å². The fourth-order valence-electron chi connectivity index (χ4n) is 7.83. The molecule has 0 amide bonds.